The molecule has 0 radical (unpaired) electrons. The lowest BCUT2D eigenvalue weighted by Crippen LogP contribution is -2.52. The molecular weight excluding hydrogens is 340 g/mol. The van der Waals surface area contributed by atoms with E-state index in [1.807, 2.05) is 41.4 Å². The Hall–Kier alpha value is -2.44. The van der Waals surface area contributed by atoms with Crippen molar-refractivity contribution < 1.29 is 4.79 Å². The number of hydrogen-bond acceptors (Lipinski definition) is 4. The van der Waals surface area contributed by atoms with Gasteiger partial charge in [-0.1, -0.05) is 30.3 Å². The number of anilines is 1. The maximum absolute atomic E-state index is 12.9. The van der Waals surface area contributed by atoms with Gasteiger partial charge < -0.3 is 14.8 Å². The molecule has 2 aromatic rings. The fourth-order valence-electron chi connectivity index (χ4n) is 3.99. The first kappa shape index (κ1) is 17.9. The number of fused-ring (bicyclic) bond motifs is 1. The van der Waals surface area contributed by atoms with Gasteiger partial charge in [0.1, 0.15) is 0 Å². The Labute approximate surface area is 159 Å². The monoisotopic (exact) mass is 366 g/mol. The van der Waals surface area contributed by atoms with Gasteiger partial charge in [0, 0.05) is 44.5 Å². The molecule has 1 aromatic heterocycles. The zero-order chi connectivity index (χ0) is 18.8. The Morgan fingerprint density at radius 3 is 2.81 bits per heavy atom. The quantitative estimate of drug-likeness (QED) is 0.880. The molecule has 0 saturated carbocycles. The summed E-state index contributed by atoms with van der Waals surface area (Å²) in [6.07, 6.45) is 2.61. The number of piperazine rings is 1. The lowest BCUT2D eigenvalue weighted by Gasteiger charge is -2.32. The fourth-order valence-corrected chi connectivity index (χ4v) is 3.99. The van der Waals surface area contributed by atoms with Gasteiger partial charge in [0.05, 0.1) is 18.8 Å². The second-order valence-corrected chi connectivity index (χ2v) is 7.52. The second-order valence-electron chi connectivity index (χ2n) is 7.52. The maximum atomic E-state index is 12.9. The smallest absolute Gasteiger partial charge is 0.251 e. The molecular formula is C21H26N4O2. The predicted octanol–water partition coefficient (Wildman–Crippen LogP) is 1.08. The molecule has 4 rings (SSSR count). The van der Waals surface area contributed by atoms with E-state index in [0.29, 0.717) is 25.7 Å². The van der Waals surface area contributed by atoms with Gasteiger partial charge in [0.2, 0.25) is 5.91 Å². The molecule has 1 fully saturated rings. The van der Waals surface area contributed by atoms with Crippen LogP contribution in [0.4, 0.5) is 5.69 Å². The molecule has 1 atom stereocenters. The Kier molecular flexibility index (Phi) is 5.09. The van der Waals surface area contributed by atoms with E-state index in [2.05, 4.69) is 17.1 Å². The number of pyridine rings is 1. The van der Waals surface area contributed by atoms with Crippen LogP contribution in [0.3, 0.4) is 0 Å². The van der Waals surface area contributed by atoms with Crippen LogP contribution in [-0.2, 0) is 17.8 Å². The van der Waals surface area contributed by atoms with Crippen LogP contribution in [0.2, 0.25) is 0 Å². The standard InChI is InChI=1S/C21H26N4O2/c1-16-12-23(10-8-22-16)15-21(27)25-9-7-18-11-20(26)24(14-19(18)25)13-17-5-3-2-4-6-17/h2-6,11,14,16,22H,7-10,12-13,15H2,1H3. The van der Waals surface area contributed by atoms with Crippen molar-refractivity contribution in [2.24, 2.45) is 0 Å². The minimum absolute atomic E-state index is 0.0113. The van der Waals surface area contributed by atoms with Crippen molar-refractivity contribution in [3.63, 3.8) is 0 Å². The number of carbonyl (C=O) groups is 1. The molecule has 0 spiro atoms. The van der Waals surface area contributed by atoms with Crippen molar-refractivity contribution in [3.8, 4) is 0 Å². The first-order chi connectivity index (χ1) is 13.1. The molecule has 142 valence electrons. The van der Waals surface area contributed by atoms with Crippen LogP contribution in [-0.4, -0.2) is 54.1 Å². The maximum Gasteiger partial charge on any atom is 0.251 e. The summed E-state index contributed by atoms with van der Waals surface area (Å²) >= 11 is 0. The van der Waals surface area contributed by atoms with Gasteiger partial charge in [-0.25, -0.2) is 0 Å². The van der Waals surface area contributed by atoms with E-state index >= 15 is 0 Å². The number of rotatable bonds is 4. The van der Waals surface area contributed by atoms with E-state index in [-0.39, 0.29) is 11.5 Å². The Morgan fingerprint density at radius 1 is 1.22 bits per heavy atom. The zero-order valence-corrected chi connectivity index (χ0v) is 15.7. The van der Waals surface area contributed by atoms with Crippen molar-refractivity contribution in [1.29, 1.82) is 0 Å². The molecule has 1 amide bonds. The number of carbonyl (C=O) groups excluding carboxylic acids is 1. The lowest BCUT2D eigenvalue weighted by atomic mass is 10.2. The fraction of sp³-hybridized carbons (Fsp3) is 0.429. The highest BCUT2D eigenvalue weighted by Crippen LogP contribution is 2.26. The first-order valence-electron chi connectivity index (χ1n) is 9.63. The molecule has 1 unspecified atom stereocenters. The molecule has 0 bridgehead atoms. The summed E-state index contributed by atoms with van der Waals surface area (Å²) in [4.78, 5) is 29.4. The van der Waals surface area contributed by atoms with E-state index in [4.69, 9.17) is 0 Å². The Bertz CT molecular complexity index is 877. The van der Waals surface area contributed by atoms with Crippen LogP contribution in [0, 0.1) is 0 Å². The van der Waals surface area contributed by atoms with Crippen LogP contribution in [0.15, 0.2) is 47.4 Å². The Balaban J connectivity index is 1.52. The molecule has 6 heteroatoms. The lowest BCUT2D eigenvalue weighted by molar-refractivity contribution is -0.119. The molecule has 1 saturated heterocycles. The highest BCUT2D eigenvalue weighted by molar-refractivity contribution is 5.96. The average Bonchev–Trinajstić information content (AvgIpc) is 3.05. The molecule has 0 aliphatic carbocycles. The second kappa shape index (κ2) is 7.66. The van der Waals surface area contributed by atoms with Gasteiger partial charge in [-0.15, -0.1) is 0 Å². The van der Waals surface area contributed by atoms with Crippen LogP contribution in [0.1, 0.15) is 18.1 Å². The zero-order valence-electron chi connectivity index (χ0n) is 15.7. The molecule has 6 nitrogen and oxygen atoms in total. The Morgan fingerprint density at radius 2 is 2.04 bits per heavy atom. The highest BCUT2D eigenvalue weighted by atomic mass is 16.2. The van der Waals surface area contributed by atoms with Crippen molar-refractivity contribution in [3.05, 3.63) is 64.1 Å². The molecule has 27 heavy (non-hydrogen) atoms. The summed E-state index contributed by atoms with van der Waals surface area (Å²) < 4.78 is 1.70. The number of amides is 1. The van der Waals surface area contributed by atoms with Gasteiger partial charge >= 0.3 is 0 Å². The largest absolute Gasteiger partial charge is 0.312 e. The molecule has 2 aliphatic rings. The third-order valence-electron chi connectivity index (χ3n) is 5.39. The van der Waals surface area contributed by atoms with Crippen molar-refractivity contribution in [1.82, 2.24) is 14.8 Å². The predicted molar refractivity (Wildman–Crippen MR) is 106 cm³/mol. The molecule has 1 aromatic carbocycles. The molecule has 1 N–H and O–H groups in total. The SMILES string of the molecule is CC1CN(CC(=O)N2CCc3cc(=O)n(Cc4ccccc4)cc32)CCN1. The van der Waals surface area contributed by atoms with E-state index < -0.39 is 0 Å². The van der Waals surface area contributed by atoms with E-state index in [0.717, 1.165) is 42.9 Å². The van der Waals surface area contributed by atoms with Crippen LogP contribution >= 0.6 is 0 Å². The van der Waals surface area contributed by atoms with Crippen molar-refractivity contribution >= 4 is 11.6 Å². The minimum Gasteiger partial charge on any atom is -0.312 e. The van der Waals surface area contributed by atoms with Gasteiger partial charge in [0.15, 0.2) is 0 Å². The minimum atomic E-state index is -0.0113. The molecule has 3 heterocycles. The number of hydrogen-bond donors (Lipinski definition) is 1. The van der Waals surface area contributed by atoms with E-state index in [9.17, 15) is 9.59 Å². The van der Waals surface area contributed by atoms with E-state index in [1.165, 1.54) is 0 Å². The van der Waals surface area contributed by atoms with Crippen LogP contribution in [0.25, 0.3) is 0 Å². The van der Waals surface area contributed by atoms with Gasteiger partial charge in [-0.05, 0) is 24.5 Å². The summed E-state index contributed by atoms with van der Waals surface area (Å²) in [6.45, 7) is 6.45. The van der Waals surface area contributed by atoms with Gasteiger partial charge in [-0.3, -0.25) is 14.5 Å². The average molecular weight is 366 g/mol. The summed E-state index contributed by atoms with van der Waals surface area (Å²) in [6, 6.07) is 12.0. The van der Waals surface area contributed by atoms with E-state index in [1.54, 1.807) is 10.6 Å². The highest BCUT2D eigenvalue weighted by Gasteiger charge is 2.28. The number of nitrogens with one attached hydrogen (secondary N) is 1. The summed E-state index contributed by atoms with van der Waals surface area (Å²) in [7, 11) is 0. The summed E-state index contributed by atoms with van der Waals surface area (Å²) in [5.74, 6) is 0.118. The first-order valence-corrected chi connectivity index (χ1v) is 9.63. The summed E-state index contributed by atoms with van der Waals surface area (Å²) in [5.41, 5.74) is 2.93. The third kappa shape index (κ3) is 3.96. The molecule has 2 aliphatic heterocycles. The van der Waals surface area contributed by atoms with Gasteiger partial charge in [-0.2, -0.15) is 0 Å². The summed E-state index contributed by atoms with van der Waals surface area (Å²) in [5, 5.41) is 3.40. The normalized spacial score (nSPS) is 19.9. The number of aromatic nitrogens is 1. The van der Waals surface area contributed by atoms with Crippen molar-refractivity contribution in [2.45, 2.75) is 25.9 Å². The van der Waals surface area contributed by atoms with Gasteiger partial charge in [0.25, 0.3) is 5.56 Å². The van der Waals surface area contributed by atoms with Crippen LogP contribution < -0.4 is 15.8 Å². The van der Waals surface area contributed by atoms with Crippen molar-refractivity contribution in [2.75, 3.05) is 37.6 Å². The number of nitrogens with zero attached hydrogens (tertiary/aromatic N) is 3. The topological polar surface area (TPSA) is 57.6 Å². The number of benzene rings is 1. The van der Waals surface area contributed by atoms with Crippen LogP contribution in [0.5, 0.6) is 0 Å². The third-order valence-corrected chi connectivity index (χ3v) is 5.39.